The quantitative estimate of drug-likeness (QED) is 0.561. The van der Waals surface area contributed by atoms with Gasteiger partial charge in [-0.1, -0.05) is 30.3 Å². The molecule has 0 fully saturated rings. The largest absolute Gasteiger partial charge is 0.341 e. The van der Waals surface area contributed by atoms with Crippen LogP contribution in [0.2, 0.25) is 12.1 Å². The first kappa shape index (κ1) is 14.2. The van der Waals surface area contributed by atoms with E-state index in [1.807, 2.05) is 30.3 Å². The number of rotatable bonds is 4. The molecule has 7 heteroatoms. The first-order valence-electron chi connectivity index (χ1n) is 4.31. The van der Waals surface area contributed by atoms with Gasteiger partial charge in [0.25, 0.3) is 6.69 Å². The van der Waals surface area contributed by atoms with Gasteiger partial charge in [0, 0.05) is 0 Å². The minimum Gasteiger partial charge on any atom is -0.140 e. The van der Waals surface area contributed by atoms with Crippen LogP contribution in [-0.4, -0.2) is 12.7 Å². The van der Waals surface area contributed by atoms with Crippen molar-refractivity contribution in [2.24, 2.45) is 0 Å². The van der Waals surface area contributed by atoms with Gasteiger partial charge in [-0.2, -0.15) is 0 Å². The summed E-state index contributed by atoms with van der Waals surface area (Å²) in [5.41, 5.74) is 0. The summed E-state index contributed by atoms with van der Waals surface area (Å²) < 4.78 is 0. The van der Waals surface area contributed by atoms with Crippen LogP contribution in [0.4, 0.5) is 0 Å². The van der Waals surface area contributed by atoms with Crippen molar-refractivity contribution in [3.8, 4) is 0 Å². The summed E-state index contributed by atoms with van der Waals surface area (Å²) in [6.07, 6.45) is 0. The number of hydrogen-bond donors (Lipinski definition) is 0. The van der Waals surface area contributed by atoms with Crippen molar-refractivity contribution < 1.29 is 0 Å². The predicted molar refractivity (Wildman–Crippen MR) is 76.5 cm³/mol. The third kappa shape index (κ3) is 5.31. The lowest BCUT2D eigenvalue weighted by atomic mass is 10.4. The van der Waals surface area contributed by atoms with E-state index in [0.29, 0.717) is 12.1 Å². The molecule has 0 saturated heterocycles. The number of halogens is 5. The van der Waals surface area contributed by atoms with Gasteiger partial charge in [0.05, 0.1) is 0 Å². The minimum atomic E-state index is -2.62. The molecule has 0 N–H and O–H groups in total. The Hall–Kier alpha value is 1.10. The Morgan fingerprint density at radius 1 is 0.800 bits per heavy atom. The topological polar surface area (TPSA) is 0 Å². The summed E-state index contributed by atoms with van der Waals surface area (Å²) >= 11 is 30.0. The second-order valence-electron chi connectivity index (χ2n) is 3.19. The van der Waals surface area contributed by atoms with Crippen LogP contribution in [0.15, 0.2) is 30.3 Å². The molecule has 0 aliphatic heterocycles. The molecule has 1 aromatic carbocycles. The lowest BCUT2D eigenvalue weighted by molar-refractivity contribution is 1.41. The molecule has 0 spiro atoms. The van der Waals surface area contributed by atoms with Gasteiger partial charge in [0.15, 0.2) is 0 Å². The van der Waals surface area contributed by atoms with Crippen molar-refractivity contribution in [3.63, 3.8) is 0 Å². The Balaban J connectivity index is 2.68. The molecule has 0 aliphatic carbocycles. The Bertz CT molecular complexity index is 309. The van der Waals surface area contributed by atoms with Crippen LogP contribution in [-0.2, 0) is 0 Å². The standard InChI is InChI=1S/C8H9Cl5Si2/c9-14(10,6-7-15(11,12)13)8-4-2-1-3-5-8/h1-5H,6-7H2. The zero-order valence-electron chi connectivity index (χ0n) is 7.69. The maximum atomic E-state index is 6.32. The highest BCUT2D eigenvalue weighted by molar-refractivity contribution is 7.65. The molecule has 0 radical (unpaired) electrons. The van der Waals surface area contributed by atoms with Crippen molar-refractivity contribution >= 4 is 73.3 Å². The van der Waals surface area contributed by atoms with Gasteiger partial charge in [-0.3, -0.25) is 0 Å². The monoisotopic (exact) mass is 336 g/mol. The predicted octanol–water partition coefficient (Wildman–Crippen LogP) is 4.47. The molecular weight excluding hydrogens is 330 g/mol. The number of benzene rings is 1. The molecule has 0 atom stereocenters. The van der Waals surface area contributed by atoms with Crippen LogP contribution in [0.5, 0.6) is 0 Å². The average Bonchev–Trinajstić information content (AvgIpc) is 2.16. The second kappa shape index (κ2) is 5.63. The zero-order valence-corrected chi connectivity index (χ0v) is 13.5. The summed E-state index contributed by atoms with van der Waals surface area (Å²) in [6.45, 7) is -2.46. The molecule has 0 amide bonds. The molecule has 84 valence electrons. The Morgan fingerprint density at radius 3 is 1.80 bits per heavy atom. The summed E-state index contributed by atoms with van der Waals surface area (Å²) in [5, 5.41) is 0.969. The van der Waals surface area contributed by atoms with E-state index >= 15 is 0 Å². The van der Waals surface area contributed by atoms with Crippen molar-refractivity contribution in [1.82, 2.24) is 0 Å². The Morgan fingerprint density at radius 2 is 1.33 bits per heavy atom. The molecule has 1 rings (SSSR count). The third-order valence-corrected chi connectivity index (χ3v) is 9.44. The third-order valence-electron chi connectivity index (χ3n) is 1.92. The second-order valence-corrected chi connectivity index (χ2v) is 19.4. The summed E-state index contributed by atoms with van der Waals surface area (Å²) in [7, 11) is 0. The van der Waals surface area contributed by atoms with E-state index in [0.717, 1.165) is 5.19 Å². The van der Waals surface area contributed by atoms with E-state index in [1.165, 1.54) is 0 Å². The van der Waals surface area contributed by atoms with E-state index < -0.39 is 12.7 Å². The fraction of sp³-hybridized carbons (Fsp3) is 0.250. The average molecular weight is 339 g/mol. The van der Waals surface area contributed by atoms with Crippen molar-refractivity contribution in [2.45, 2.75) is 12.1 Å². The maximum Gasteiger partial charge on any atom is 0.341 e. The highest BCUT2D eigenvalue weighted by atomic mass is 35.8. The molecule has 0 unspecified atom stereocenters. The summed E-state index contributed by atoms with van der Waals surface area (Å²) in [6, 6.07) is 8.06. The van der Waals surface area contributed by atoms with Gasteiger partial charge < -0.3 is 0 Å². The smallest absolute Gasteiger partial charge is 0.140 e. The van der Waals surface area contributed by atoms with Crippen LogP contribution in [0.3, 0.4) is 0 Å². The fourth-order valence-electron chi connectivity index (χ4n) is 1.13. The van der Waals surface area contributed by atoms with Crippen LogP contribution in [0, 0.1) is 0 Å². The molecule has 15 heavy (non-hydrogen) atoms. The first-order chi connectivity index (χ1) is 6.81. The highest BCUT2D eigenvalue weighted by Crippen LogP contribution is 2.32. The molecule has 0 aliphatic rings. The molecule has 0 aromatic heterocycles. The lowest BCUT2D eigenvalue weighted by Gasteiger charge is -2.18. The van der Waals surface area contributed by atoms with Gasteiger partial charge in [0.1, 0.15) is 0 Å². The summed E-state index contributed by atoms with van der Waals surface area (Å²) in [4.78, 5) is 0. The first-order valence-corrected chi connectivity index (χ1v) is 13.8. The molecule has 1 aromatic rings. The zero-order chi connectivity index (χ0) is 11.5. The van der Waals surface area contributed by atoms with E-state index in [4.69, 9.17) is 55.4 Å². The van der Waals surface area contributed by atoms with Crippen LogP contribution in [0.25, 0.3) is 0 Å². The van der Waals surface area contributed by atoms with E-state index in [2.05, 4.69) is 0 Å². The molecular formula is C8H9Cl5Si2. The Kier molecular flexibility index (Phi) is 5.32. The van der Waals surface area contributed by atoms with E-state index in [-0.39, 0.29) is 0 Å². The SMILES string of the molecule is Cl[Si](Cl)(Cl)CC[Si](Cl)(Cl)c1ccccc1. The van der Waals surface area contributed by atoms with Crippen LogP contribution >= 0.6 is 55.4 Å². The van der Waals surface area contributed by atoms with Gasteiger partial charge in [-0.25, -0.2) is 0 Å². The summed E-state index contributed by atoms with van der Waals surface area (Å²) in [5.74, 6) is 0. The maximum absolute atomic E-state index is 6.32. The molecule has 0 bridgehead atoms. The fourth-order valence-corrected chi connectivity index (χ4v) is 9.49. The minimum absolute atomic E-state index is 0.506. The Labute approximate surface area is 115 Å². The highest BCUT2D eigenvalue weighted by Gasteiger charge is 2.35. The van der Waals surface area contributed by atoms with Gasteiger partial charge in [-0.05, 0) is 17.3 Å². The van der Waals surface area contributed by atoms with Crippen molar-refractivity contribution in [3.05, 3.63) is 30.3 Å². The van der Waals surface area contributed by atoms with Gasteiger partial charge >= 0.3 is 6.00 Å². The van der Waals surface area contributed by atoms with E-state index in [1.54, 1.807) is 0 Å². The van der Waals surface area contributed by atoms with Crippen molar-refractivity contribution in [1.29, 1.82) is 0 Å². The molecule has 0 nitrogen and oxygen atoms in total. The molecule has 0 heterocycles. The normalized spacial score (nSPS) is 12.9. The van der Waals surface area contributed by atoms with E-state index in [9.17, 15) is 0 Å². The van der Waals surface area contributed by atoms with Gasteiger partial charge in [-0.15, -0.1) is 55.4 Å². The van der Waals surface area contributed by atoms with Crippen molar-refractivity contribution in [2.75, 3.05) is 0 Å². The van der Waals surface area contributed by atoms with Crippen LogP contribution < -0.4 is 5.19 Å². The lowest BCUT2D eigenvalue weighted by Crippen LogP contribution is -2.37. The molecule has 0 saturated carbocycles. The van der Waals surface area contributed by atoms with Gasteiger partial charge in [0.2, 0.25) is 0 Å². The van der Waals surface area contributed by atoms with Crippen LogP contribution in [0.1, 0.15) is 0 Å². The number of hydrogen-bond acceptors (Lipinski definition) is 0.